The van der Waals surface area contributed by atoms with E-state index < -0.39 is 6.10 Å². The van der Waals surface area contributed by atoms with Crippen LogP contribution in [0.2, 0.25) is 5.02 Å². The molecule has 4 nitrogen and oxygen atoms in total. The third-order valence-electron chi connectivity index (χ3n) is 2.34. The molecule has 1 rings (SSSR count). The third-order valence-corrected chi connectivity index (χ3v) is 2.57. The van der Waals surface area contributed by atoms with Gasteiger partial charge in [-0.15, -0.1) is 0 Å². The second-order valence-corrected chi connectivity index (χ2v) is 4.75. The molecule has 1 atom stereocenters. The topological polar surface area (TPSA) is 41.6 Å². The minimum Gasteiger partial charge on any atom is -0.481 e. The summed E-state index contributed by atoms with van der Waals surface area (Å²) in [6.45, 7) is 3.12. The van der Waals surface area contributed by atoms with Gasteiger partial charge in [0.05, 0.1) is 0 Å². The molecule has 0 aliphatic heterocycles. The minimum atomic E-state index is -0.536. The van der Waals surface area contributed by atoms with E-state index in [1.807, 2.05) is 19.0 Å². The zero-order valence-corrected chi connectivity index (χ0v) is 11.7. The molecule has 1 aromatic carbocycles. The SMILES string of the molecule is C[C@H](Oc1cccc(Cl)c1)C(=O)NCCN(C)C. The van der Waals surface area contributed by atoms with E-state index in [4.69, 9.17) is 16.3 Å². The van der Waals surface area contributed by atoms with Crippen LogP contribution in [0.1, 0.15) is 6.92 Å². The molecule has 1 N–H and O–H groups in total. The Hall–Kier alpha value is -1.26. The Morgan fingerprint density at radius 1 is 1.50 bits per heavy atom. The zero-order valence-electron chi connectivity index (χ0n) is 10.9. The lowest BCUT2D eigenvalue weighted by atomic mass is 10.3. The van der Waals surface area contributed by atoms with Gasteiger partial charge >= 0.3 is 0 Å². The van der Waals surface area contributed by atoms with E-state index in [0.29, 0.717) is 17.3 Å². The molecule has 0 saturated carbocycles. The molecule has 0 unspecified atom stereocenters. The molecule has 5 heteroatoms. The highest BCUT2D eigenvalue weighted by Crippen LogP contribution is 2.18. The Kier molecular flexibility index (Phi) is 5.95. The van der Waals surface area contributed by atoms with Crippen LogP contribution in [0.5, 0.6) is 5.75 Å². The Bertz CT molecular complexity index is 396. The first kappa shape index (κ1) is 14.8. The standard InChI is InChI=1S/C13H19ClN2O2/c1-10(13(17)15-7-8-16(2)3)18-12-6-4-5-11(14)9-12/h4-6,9-10H,7-8H2,1-3H3,(H,15,17)/t10-/m0/s1. The summed E-state index contributed by atoms with van der Waals surface area (Å²) in [4.78, 5) is 13.7. The maximum Gasteiger partial charge on any atom is 0.260 e. The molecule has 0 aliphatic rings. The number of benzene rings is 1. The van der Waals surface area contributed by atoms with Crippen molar-refractivity contribution < 1.29 is 9.53 Å². The number of nitrogens with zero attached hydrogens (tertiary/aromatic N) is 1. The van der Waals surface area contributed by atoms with Crippen LogP contribution in [0.4, 0.5) is 0 Å². The molecule has 0 spiro atoms. The minimum absolute atomic E-state index is 0.128. The van der Waals surface area contributed by atoms with Crippen molar-refractivity contribution in [2.24, 2.45) is 0 Å². The molecule has 0 aliphatic carbocycles. The fourth-order valence-corrected chi connectivity index (χ4v) is 1.52. The molecular weight excluding hydrogens is 252 g/mol. The highest BCUT2D eigenvalue weighted by Gasteiger charge is 2.13. The number of likely N-dealkylation sites (N-methyl/N-ethyl adjacent to an activating group) is 1. The van der Waals surface area contributed by atoms with Crippen molar-refractivity contribution in [1.82, 2.24) is 10.2 Å². The molecule has 0 radical (unpaired) electrons. The maximum atomic E-state index is 11.7. The summed E-state index contributed by atoms with van der Waals surface area (Å²) < 4.78 is 5.50. The van der Waals surface area contributed by atoms with Gasteiger partial charge in [0.2, 0.25) is 0 Å². The zero-order chi connectivity index (χ0) is 13.5. The Morgan fingerprint density at radius 3 is 2.83 bits per heavy atom. The first-order chi connectivity index (χ1) is 8.49. The number of halogens is 1. The lowest BCUT2D eigenvalue weighted by molar-refractivity contribution is -0.127. The monoisotopic (exact) mass is 270 g/mol. The largest absolute Gasteiger partial charge is 0.481 e. The number of hydrogen-bond acceptors (Lipinski definition) is 3. The summed E-state index contributed by atoms with van der Waals surface area (Å²) in [5.41, 5.74) is 0. The number of hydrogen-bond donors (Lipinski definition) is 1. The molecule has 0 heterocycles. The van der Waals surface area contributed by atoms with E-state index in [1.54, 1.807) is 31.2 Å². The normalized spacial score (nSPS) is 12.3. The molecule has 1 amide bonds. The summed E-state index contributed by atoms with van der Waals surface area (Å²) in [5, 5.41) is 3.40. The van der Waals surface area contributed by atoms with Gasteiger partial charge < -0.3 is 15.0 Å². The van der Waals surface area contributed by atoms with Crippen LogP contribution in [-0.2, 0) is 4.79 Å². The molecule has 0 aromatic heterocycles. The number of carbonyl (C=O) groups is 1. The average Bonchev–Trinajstić information content (AvgIpc) is 2.28. The van der Waals surface area contributed by atoms with Crippen molar-refractivity contribution in [2.45, 2.75) is 13.0 Å². The Labute approximate surface area is 113 Å². The van der Waals surface area contributed by atoms with Crippen molar-refractivity contribution in [1.29, 1.82) is 0 Å². The van der Waals surface area contributed by atoms with Crippen LogP contribution in [-0.4, -0.2) is 44.1 Å². The van der Waals surface area contributed by atoms with Gasteiger partial charge in [-0.25, -0.2) is 0 Å². The first-order valence-corrected chi connectivity index (χ1v) is 6.21. The average molecular weight is 271 g/mol. The van der Waals surface area contributed by atoms with E-state index in [0.717, 1.165) is 6.54 Å². The molecule has 0 saturated heterocycles. The molecule has 1 aromatic rings. The van der Waals surface area contributed by atoms with Crippen LogP contribution in [0, 0.1) is 0 Å². The fourth-order valence-electron chi connectivity index (χ4n) is 1.34. The molecule has 100 valence electrons. The predicted octanol–water partition coefficient (Wildman–Crippen LogP) is 1.79. The van der Waals surface area contributed by atoms with Crippen molar-refractivity contribution >= 4 is 17.5 Å². The van der Waals surface area contributed by atoms with Crippen LogP contribution in [0.15, 0.2) is 24.3 Å². The van der Waals surface area contributed by atoms with E-state index >= 15 is 0 Å². The maximum absolute atomic E-state index is 11.7. The second kappa shape index (κ2) is 7.24. The summed E-state index contributed by atoms with van der Waals surface area (Å²) in [7, 11) is 3.91. The van der Waals surface area contributed by atoms with E-state index in [-0.39, 0.29) is 5.91 Å². The third kappa shape index (κ3) is 5.38. The van der Waals surface area contributed by atoms with Gasteiger partial charge in [0, 0.05) is 18.1 Å². The van der Waals surface area contributed by atoms with Crippen LogP contribution in [0.25, 0.3) is 0 Å². The van der Waals surface area contributed by atoms with Gasteiger partial charge in [0.1, 0.15) is 5.75 Å². The Balaban J connectivity index is 2.40. The van der Waals surface area contributed by atoms with E-state index in [2.05, 4.69) is 5.32 Å². The summed E-state index contributed by atoms with van der Waals surface area (Å²) in [6.07, 6.45) is -0.536. The Morgan fingerprint density at radius 2 is 2.22 bits per heavy atom. The highest BCUT2D eigenvalue weighted by molar-refractivity contribution is 6.30. The smallest absolute Gasteiger partial charge is 0.260 e. The molecule has 18 heavy (non-hydrogen) atoms. The van der Waals surface area contributed by atoms with Crippen molar-refractivity contribution in [3.8, 4) is 5.75 Å². The quantitative estimate of drug-likeness (QED) is 0.857. The summed E-state index contributed by atoms with van der Waals surface area (Å²) >= 11 is 5.84. The second-order valence-electron chi connectivity index (χ2n) is 4.31. The fraction of sp³-hybridized carbons (Fsp3) is 0.462. The molecular formula is C13H19ClN2O2. The van der Waals surface area contributed by atoms with Gasteiger partial charge in [0.15, 0.2) is 6.10 Å². The molecule has 0 bridgehead atoms. The number of carbonyl (C=O) groups excluding carboxylic acids is 1. The number of nitrogens with one attached hydrogen (secondary N) is 1. The van der Waals surface area contributed by atoms with Gasteiger partial charge in [-0.2, -0.15) is 0 Å². The van der Waals surface area contributed by atoms with Crippen molar-refractivity contribution in [3.63, 3.8) is 0 Å². The van der Waals surface area contributed by atoms with Gasteiger partial charge in [0.25, 0.3) is 5.91 Å². The van der Waals surface area contributed by atoms with Crippen molar-refractivity contribution in [2.75, 3.05) is 27.2 Å². The van der Waals surface area contributed by atoms with Crippen molar-refractivity contribution in [3.05, 3.63) is 29.3 Å². The van der Waals surface area contributed by atoms with Crippen LogP contribution >= 0.6 is 11.6 Å². The van der Waals surface area contributed by atoms with E-state index in [9.17, 15) is 4.79 Å². The lowest BCUT2D eigenvalue weighted by Gasteiger charge is -2.16. The van der Waals surface area contributed by atoms with Gasteiger partial charge in [-0.3, -0.25) is 4.79 Å². The van der Waals surface area contributed by atoms with Gasteiger partial charge in [-0.05, 0) is 39.2 Å². The number of rotatable bonds is 6. The van der Waals surface area contributed by atoms with Crippen LogP contribution < -0.4 is 10.1 Å². The molecule has 0 fully saturated rings. The number of ether oxygens (including phenoxy) is 1. The van der Waals surface area contributed by atoms with E-state index in [1.165, 1.54) is 0 Å². The van der Waals surface area contributed by atoms with Crippen LogP contribution in [0.3, 0.4) is 0 Å². The summed E-state index contributed by atoms with van der Waals surface area (Å²) in [5.74, 6) is 0.467. The lowest BCUT2D eigenvalue weighted by Crippen LogP contribution is -2.39. The first-order valence-electron chi connectivity index (χ1n) is 5.83. The van der Waals surface area contributed by atoms with Gasteiger partial charge in [-0.1, -0.05) is 17.7 Å². The predicted molar refractivity (Wildman–Crippen MR) is 73.1 cm³/mol. The highest BCUT2D eigenvalue weighted by atomic mass is 35.5. The summed E-state index contributed by atoms with van der Waals surface area (Å²) in [6, 6.07) is 7.01. The number of amides is 1.